The molecule has 7 heteroatoms. The molecule has 0 spiro atoms. The summed E-state index contributed by atoms with van der Waals surface area (Å²) in [4.78, 5) is 25.1. The molecule has 0 unspecified atom stereocenters. The maximum Gasteiger partial charge on any atom is 0.271 e. The van der Waals surface area contributed by atoms with Crippen LogP contribution in [0.5, 0.6) is 0 Å². The van der Waals surface area contributed by atoms with E-state index in [0.29, 0.717) is 18.5 Å². The van der Waals surface area contributed by atoms with Crippen molar-refractivity contribution in [2.45, 2.75) is 57.2 Å². The van der Waals surface area contributed by atoms with Gasteiger partial charge in [-0.1, -0.05) is 30.3 Å². The molecule has 1 saturated carbocycles. The standard InChI is InChI=1S/C21H28N4O3/c1-14(15-7-5-4-6-8-15)25-18(13-17(24-25)19(26)22-3)20(27)23-16-9-11-21(2,28)12-10-16/h4-8,13-14,16,28H,9-12H2,1-3H3,(H,22,26)(H,23,27)/t14-,16-,21-/m0/s1. The summed E-state index contributed by atoms with van der Waals surface area (Å²) in [6, 6.07) is 11.1. The molecule has 1 atom stereocenters. The molecule has 2 amide bonds. The van der Waals surface area contributed by atoms with Crippen LogP contribution in [0, 0.1) is 0 Å². The lowest BCUT2D eigenvalue weighted by molar-refractivity contribution is 0.0140. The molecule has 7 nitrogen and oxygen atoms in total. The highest BCUT2D eigenvalue weighted by molar-refractivity contribution is 5.98. The number of rotatable bonds is 5. The Kier molecular flexibility index (Phi) is 5.84. The predicted molar refractivity (Wildman–Crippen MR) is 106 cm³/mol. The lowest BCUT2D eigenvalue weighted by Gasteiger charge is -2.33. The van der Waals surface area contributed by atoms with Crippen molar-refractivity contribution in [2.75, 3.05) is 7.05 Å². The molecule has 1 aliphatic carbocycles. The highest BCUT2D eigenvalue weighted by Crippen LogP contribution is 2.28. The van der Waals surface area contributed by atoms with Crippen molar-refractivity contribution in [3.05, 3.63) is 53.3 Å². The van der Waals surface area contributed by atoms with E-state index in [1.807, 2.05) is 44.2 Å². The van der Waals surface area contributed by atoms with Crippen LogP contribution in [0.3, 0.4) is 0 Å². The molecule has 1 aromatic heterocycles. The Labute approximate surface area is 165 Å². The average molecular weight is 384 g/mol. The van der Waals surface area contributed by atoms with Crippen molar-refractivity contribution in [3.8, 4) is 0 Å². The lowest BCUT2D eigenvalue weighted by atomic mass is 9.83. The summed E-state index contributed by atoms with van der Waals surface area (Å²) in [5.41, 5.74) is 0.906. The van der Waals surface area contributed by atoms with Crippen LogP contribution in [0.2, 0.25) is 0 Å². The fraction of sp³-hybridized carbons (Fsp3) is 0.476. The van der Waals surface area contributed by atoms with Gasteiger partial charge in [-0.15, -0.1) is 0 Å². The van der Waals surface area contributed by atoms with E-state index in [0.717, 1.165) is 18.4 Å². The van der Waals surface area contributed by atoms with Crippen LogP contribution in [-0.4, -0.2) is 45.4 Å². The molecule has 1 aromatic carbocycles. The summed E-state index contributed by atoms with van der Waals surface area (Å²) in [6.07, 6.45) is 2.76. The lowest BCUT2D eigenvalue weighted by Crippen LogP contribution is -2.42. The zero-order chi connectivity index (χ0) is 20.3. The van der Waals surface area contributed by atoms with Gasteiger partial charge in [-0.3, -0.25) is 14.3 Å². The van der Waals surface area contributed by atoms with E-state index >= 15 is 0 Å². The van der Waals surface area contributed by atoms with E-state index in [1.165, 1.54) is 13.1 Å². The van der Waals surface area contributed by atoms with Gasteiger partial charge in [0.2, 0.25) is 0 Å². The number of hydrogen-bond acceptors (Lipinski definition) is 4. The smallest absolute Gasteiger partial charge is 0.271 e. The molecule has 0 radical (unpaired) electrons. The van der Waals surface area contributed by atoms with Gasteiger partial charge in [-0.25, -0.2) is 0 Å². The number of nitrogens with one attached hydrogen (secondary N) is 2. The van der Waals surface area contributed by atoms with Crippen LogP contribution >= 0.6 is 0 Å². The molecule has 150 valence electrons. The van der Waals surface area contributed by atoms with Gasteiger partial charge in [-0.2, -0.15) is 5.10 Å². The Morgan fingerprint density at radius 3 is 2.46 bits per heavy atom. The number of benzene rings is 1. The molecular weight excluding hydrogens is 356 g/mol. The second-order valence-electron chi connectivity index (χ2n) is 7.77. The SMILES string of the molecule is CNC(=O)c1cc(C(=O)N[C@H]2CC[C@](C)(O)CC2)n([C@@H](C)c2ccccc2)n1. The van der Waals surface area contributed by atoms with E-state index in [4.69, 9.17) is 0 Å². The van der Waals surface area contributed by atoms with E-state index in [-0.39, 0.29) is 29.6 Å². The number of aromatic nitrogens is 2. The third-order valence-corrected chi connectivity index (χ3v) is 5.47. The molecule has 0 saturated heterocycles. The van der Waals surface area contributed by atoms with Gasteiger partial charge in [0.25, 0.3) is 11.8 Å². The van der Waals surface area contributed by atoms with E-state index in [2.05, 4.69) is 15.7 Å². The number of carbonyl (C=O) groups is 2. The van der Waals surface area contributed by atoms with Gasteiger partial charge in [0.05, 0.1) is 11.6 Å². The Morgan fingerprint density at radius 2 is 1.86 bits per heavy atom. The monoisotopic (exact) mass is 384 g/mol. The van der Waals surface area contributed by atoms with Gasteiger partial charge in [0.1, 0.15) is 5.69 Å². The zero-order valence-electron chi connectivity index (χ0n) is 16.6. The zero-order valence-corrected chi connectivity index (χ0v) is 16.6. The van der Waals surface area contributed by atoms with Gasteiger partial charge < -0.3 is 15.7 Å². The predicted octanol–water partition coefficient (Wildman–Crippen LogP) is 2.28. The van der Waals surface area contributed by atoms with Crippen molar-refractivity contribution in [1.82, 2.24) is 20.4 Å². The highest BCUT2D eigenvalue weighted by Gasteiger charge is 2.30. The van der Waals surface area contributed by atoms with E-state index < -0.39 is 5.60 Å². The Morgan fingerprint density at radius 1 is 1.21 bits per heavy atom. The van der Waals surface area contributed by atoms with Crippen molar-refractivity contribution in [1.29, 1.82) is 0 Å². The first-order valence-corrected chi connectivity index (χ1v) is 9.70. The topological polar surface area (TPSA) is 96.3 Å². The molecule has 2 aromatic rings. The second-order valence-corrected chi connectivity index (χ2v) is 7.77. The first-order chi connectivity index (χ1) is 13.3. The quantitative estimate of drug-likeness (QED) is 0.737. The van der Waals surface area contributed by atoms with Crippen LogP contribution in [-0.2, 0) is 0 Å². The Bertz CT molecular complexity index is 835. The molecule has 1 aliphatic rings. The summed E-state index contributed by atoms with van der Waals surface area (Å²) >= 11 is 0. The fourth-order valence-electron chi connectivity index (χ4n) is 3.61. The second kappa shape index (κ2) is 8.14. The van der Waals surface area contributed by atoms with Crippen molar-refractivity contribution >= 4 is 11.8 Å². The number of aliphatic hydroxyl groups is 1. The van der Waals surface area contributed by atoms with Crippen LogP contribution in [0.1, 0.15) is 72.1 Å². The Hall–Kier alpha value is -2.67. The summed E-state index contributed by atoms with van der Waals surface area (Å²) < 4.78 is 1.61. The molecule has 1 fully saturated rings. The van der Waals surface area contributed by atoms with Crippen LogP contribution in [0.25, 0.3) is 0 Å². The number of amides is 2. The van der Waals surface area contributed by atoms with Crippen LogP contribution in [0.15, 0.2) is 36.4 Å². The molecule has 0 aliphatic heterocycles. The van der Waals surface area contributed by atoms with Gasteiger partial charge in [0, 0.05) is 19.2 Å². The third kappa shape index (κ3) is 4.42. The third-order valence-electron chi connectivity index (χ3n) is 5.47. The van der Waals surface area contributed by atoms with Crippen molar-refractivity contribution < 1.29 is 14.7 Å². The molecule has 3 N–H and O–H groups in total. The summed E-state index contributed by atoms with van der Waals surface area (Å²) in [7, 11) is 1.54. The Balaban J connectivity index is 1.85. The summed E-state index contributed by atoms with van der Waals surface area (Å²) in [5.74, 6) is -0.584. The van der Waals surface area contributed by atoms with Gasteiger partial charge >= 0.3 is 0 Å². The minimum atomic E-state index is -0.656. The molecule has 3 rings (SSSR count). The summed E-state index contributed by atoms with van der Waals surface area (Å²) in [6.45, 7) is 3.78. The first-order valence-electron chi connectivity index (χ1n) is 9.70. The first kappa shape index (κ1) is 20.1. The minimum absolute atomic E-state index is 0.00607. The molecule has 0 bridgehead atoms. The highest BCUT2D eigenvalue weighted by atomic mass is 16.3. The minimum Gasteiger partial charge on any atom is -0.390 e. The molecule has 28 heavy (non-hydrogen) atoms. The largest absolute Gasteiger partial charge is 0.390 e. The van der Waals surface area contributed by atoms with Crippen LogP contribution in [0.4, 0.5) is 0 Å². The normalized spacial score (nSPS) is 23.1. The van der Waals surface area contributed by atoms with Crippen molar-refractivity contribution in [2.24, 2.45) is 0 Å². The number of nitrogens with zero attached hydrogens (tertiary/aromatic N) is 2. The maximum absolute atomic E-state index is 13.0. The average Bonchev–Trinajstić information content (AvgIpc) is 3.14. The van der Waals surface area contributed by atoms with Gasteiger partial charge in [0.15, 0.2) is 5.69 Å². The molecule has 1 heterocycles. The number of carbonyl (C=O) groups excluding carboxylic acids is 2. The van der Waals surface area contributed by atoms with Gasteiger partial charge in [-0.05, 0) is 45.1 Å². The maximum atomic E-state index is 13.0. The number of hydrogen-bond donors (Lipinski definition) is 3. The summed E-state index contributed by atoms with van der Waals surface area (Å²) in [5, 5.41) is 20.1. The van der Waals surface area contributed by atoms with Crippen molar-refractivity contribution in [3.63, 3.8) is 0 Å². The van der Waals surface area contributed by atoms with E-state index in [1.54, 1.807) is 4.68 Å². The van der Waals surface area contributed by atoms with Crippen LogP contribution < -0.4 is 10.6 Å². The fourth-order valence-corrected chi connectivity index (χ4v) is 3.61. The molecular formula is C21H28N4O3. The van der Waals surface area contributed by atoms with E-state index in [9.17, 15) is 14.7 Å².